The normalized spacial score (nSPS) is 15.1. The second kappa shape index (κ2) is 7.48. The summed E-state index contributed by atoms with van der Waals surface area (Å²) in [6.45, 7) is 1.77. The van der Waals surface area contributed by atoms with Crippen molar-refractivity contribution in [3.8, 4) is 11.3 Å². The van der Waals surface area contributed by atoms with Gasteiger partial charge < -0.3 is 4.42 Å². The van der Waals surface area contributed by atoms with E-state index >= 15 is 0 Å². The van der Waals surface area contributed by atoms with E-state index in [0.29, 0.717) is 38.5 Å². The number of hydrogen-bond acceptors (Lipinski definition) is 5. The Morgan fingerprint density at radius 3 is 2.59 bits per heavy atom. The molecule has 0 spiro atoms. The molecule has 0 unspecified atom stereocenters. The zero-order chi connectivity index (χ0) is 20.5. The third-order valence-electron chi connectivity index (χ3n) is 4.41. The van der Waals surface area contributed by atoms with Crippen LogP contribution in [0.2, 0.25) is 0 Å². The molecule has 0 radical (unpaired) electrons. The molecule has 0 fully saturated rings. The maximum absolute atomic E-state index is 12.8. The number of rotatable bonds is 4. The summed E-state index contributed by atoms with van der Waals surface area (Å²) in [5.41, 5.74) is 2.38. The molecule has 0 aliphatic carbocycles. The van der Waals surface area contributed by atoms with Crippen molar-refractivity contribution in [2.24, 2.45) is 5.10 Å². The number of halogens is 1. The van der Waals surface area contributed by atoms with E-state index in [-0.39, 0.29) is 11.6 Å². The first kappa shape index (κ1) is 18.8. The van der Waals surface area contributed by atoms with Crippen molar-refractivity contribution >= 4 is 45.0 Å². The van der Waals surface area contributed by atoms with Crippen LogP contribution in [0, 0.1) is 10.1 Å². The summed E-state index contributed by atoms with van der Waals surface area (Å²) in [6, 6.07) is 17.1. The van der Waals surface area contributed by atoms with Crippen LogP contribution >= 0.6 is 15.9 Å². The van der Waals surface area contributed by atoms with Gasteiger partial charge in [-0.05, 0) is 59.3 Å². The topological polar surface area (TPSA) is 89.0 Å². The highest BCUT2D eigenvalue weighted by Gasteiger charge is 2.29. The third kappa shape index (κ3) is 3.62. The molecule has 1 aromatic heterocycles. The number of carbonyl (C=O) groups excluding carboxylic acids is 1. The van der Waals surface area contributed by atoms with Crippen LogP contribution in [0.1, 0.15) is 12.7 Å². The van der Waals surface area contributed by atoms with Crippen molar-refractivity contribution in [2.45, 2.75) is 6.92 Å². The first-order chi connectivity index (χ1) is 13.9. The summed E-state index contributed by atoms with van der Waals surface area (Å²) in [6.07, 6.45) is 1.65. The molecular formula is C21H14BrN3O4. The van der Waals surface area contributed by atoms with E-state index < -0.39 is 4.92 Å². The fourth-order valence-electron chi connectivity index (χ4n) is 2.96. The number of para-hydroxylation sites is 1. The number of hydrogen-bond donors (Lipinski definition) is 0. The molecule has 4 rings (SSSR count). The molecule has 8 heteroatoms. The summed E-state index contributed by atoms with van der Waals surface area (Å²) < 4.78 is 6.39. The molecule has 3 aromatic rings. The second-order valence-electron chi connectivity index (χ2n) is 6.32. The Bertz CT molecular complexity index is 1180. The van der Waals surface area contributed by atoms with E-state index in [4.69, 9.17) is 4.42 Å². The van der Waals surface area contributed by atoms with Gasteiger partial charge in [-0.1, -0.05) is 18.2 Å². The van der Waals surface area contributed by atoms with Crippen molar-refractivity contribution < 1.29 is 14.1 Å². The number of nitro groups is 1. The summed E-state index contributed by atoms with van der Waals surface area (Å²) in [4.78, 5) is 23.2. The first-order valence-corrected chi connectivity index (χ1v) is 9.44. The van der Waals surface area contributed by atoms with Crippen molar-refractivity contribution in [1.29, 1.82) is 0 Å². The van der Waals surface area contributed by atoms with Crippen molar-refractivity contribution in [1.82, 2.24) is 0 Å². The Morgan fingerprint density at radius 2 is 1.90 bits per heavy atom. The molecule has 0 atom stereocenters. The lowest BCUT2D eigenvalue weighted by molar-refractivity contribution is -0.384. The van der Waals surface area contributed by atoms with Crippen LogP contribution in [0.3, 0.4) is 0 Å². The predicted octanol–water partition coefficient (Wildman–Crippen LogP) is 5.42. The number of amides is 1. The molecule has 1 aliphatic rings. The minimum atomic E-state index is -0.459. The second-order valence-corrected chi connectivity index (χ2v) is 7.17. The van der Waals surface area contributed by atoms with E-state index in [0.717, 1.165) is 0 Å². The number of hydrazone groups is 1. The first-order valence-electron chi connectivity index (χ1n) is 8.65. The molecule has 1 amide bonds. The lowest BCUT2D eigenvalue weighted by Gasteiger charge is -2.10. The number of benzene rings is 2. The molecule has 1 aliphatic heterocycles. The maximum atomic E-state index is 12.8. The molecule has 0 saturated heterocycles. The van der Waals surface area contributed by atoms with Gasteiger partial charge in [-0.15, -0.1) is 0 Å². The Morgan fingerprint density at radius 1 is 1.14 bits per heavy atom. The summed E-state index contributed by atoms with van der Waals surface area (Å²) in [5, 5.41) is 16.6. The molecule has 0 saturated carbocycles. The van der Waals surface area contributed by atoms with Crippen LogP contribution in [0.4, 0.5) is 11.4 Å². The average Bonchev–Trinajstić information content (AvgIpc) is 3.28. The van der Waals surface area contributed by atoms with Crippen LogP contribution in [0.25, 0.3) is 17.4 Å². The zero-order valence-corrected chi connectivity index (χ0v) is 16.8. The summed E-state index contributed by atoms with van der Waals surface area (Å²) in [5.74, 6) is 0.778. The monoisotopic (exact) mass is 451 g/mol. The lowest BCUT2D eigenvalue weighted by Crippen LogP contribution is -2.21. The number of carbonyl (C=O) groups is 1. The van der Waals surface area contributed by atoms with Gasteiger partial charge in [-0.2, -0.15) is 10.1 Å². The predicted molar refractivity (Wildman–Crippen MR) is 114 cm³/mol. The van der Waals surface area contributed by atoms with E-state index in [2.05, 4.69) is 21.0 Å². The van der Waals surface area contributed by atoms with Crippen LogP contribution in [0.15, 0.2) is 80.2 Å². The van der Waals surface area contributed by atoms with E-state index in [1.165, 1.54) is 17.1 Å². The fraction of sp³-hybridized carbons (Fsp3) is 0.0476. The van der Waals surface area contributed by atoms with Crippen LogP contribution in [0.5, 0.6) is 0 Å². The highest BCUT2D eigenvalue weighted by Crippen LogP contribution is 2.33. The van der Waals surface area contributed by atoms with E-state index in [9.17, 15) is 14.9 Å². The van der Waals surface area contributed by atoms with E-state index in [1.54, 1.807) is 31.2 Å². The maximum Gasteiger partial charge on any atom is 0.280 e. The van der Waals surface area contributed by atoms with Gasteiger partial charge in [0, 0.05) is 22.2 Å². The SMILES string of the molecule is CC1=NN(c2ccccc2)C(=O)/C1=C\c1ccc(-c2ccc([N+](=O)[O-])cc2Br)o1. The van der Waals surface area contributed by atoms with Gasteiger partial charge in [0.1, 0.15) is 11.5 Å². The molecule has 7 nitrogen and oxygen atoms in total. The molecule has 2 aromatic carbocycles. The third-order valence-corrected chi connectivity index (χ3v) is 5.06. The average molecular weight is 452 g/mol. The van der Waals surface area contributed by atoms with Gasteiger partial charge in [0.2, 0.25) is 0 Å². The van der Waals surface area contributed by atoms with Gasteiger partial charge in [-0.3, -0.25) is 14.9 Å². The molecule has 144 valence electrons. The quantitative estimate of drug-likeness (QED) is 0.300. The number of anilines is 1. The standard InChI is InChI=1S/C21H14BrN3O4/c1-13-18(21(26)24(23-13)14-5-3-2-4-6-14)12-16-8-10-20(29-16)17-9-7-15(25(27)28)11-19(17)22/h2-12H,1H3/b18-12-. The van der Waals surface area contributed by atoms with Gasteiger partial charge in [0.15, 0.2) is 0 Å². The molecule has 29 heavy (non-hydrogen) atoms. The minimum absolute atomic E-state index is 0.0149. The number of furan rings is 1. The van der Waals surface area contributed by atoms with Crippen molar-refractivity contribution in [3.63, 3.8) is 0 Å². The van der Waals surface area contributed by atoms with Gasteiger partial charge in [-0.25, -0.2) is 0 Å². The largest absolute Gasteiger partial charge is 0.457 e. The molecule has 0 N–H and O–H groups in total. The highest BCUT2D eigenvalue weighted by atomic mass is 79.9. The number of non-ortho nitro benzene ring substituents is 1. The number of nitro benzene ring substituents is 1. The fourth-order valence-corrected chi connectivity index (χ4v) is 3.53. The smallest absolute Gasteiger partial charge is 0.280 e. The zero-order valence-electron chi connectivity index (χ0n) is 15.2. The highest BCUT2D eigenvalue weighted by molar-refractivity contribution is 9.10. The van der Waals surface area contributed by atoms with Crippen LogP contribution in [-0.4, -0.2) is 16.5 Å². The Labute approximate surface area is 174 Å². The summed E-state index contributed by atoms with van der Waals surface area (Å²) >= 11 is 3.34. The van der Waals surface area contributed by atoms with Gasteiger partial charge >= 0.3 is 0 Å². The van der Waals surface area contributed by atoms with Crippen LogP contribution < -0.4 is 5.01 Å². The Hall–Kier alpha value is -3.52. The molecule has 2 heterocycles. The van der Waals surface area contributed by atoms with Crippen molar-refractivity contribution in [2.75, 3.05) is 5.01 Å². The lowest BCUT2D eigenvalue weighted by atomic mass is 10.1. The Balaban J connectivity index is 1.62. The number of nitrogens with zero attached hydrogens (tertiary/aromatic N) is 3. The van der Waals surface area contributed by atoms with Gasteiger partial charge in [0.25, 0.3) is 11.6 Å². The molecular weight excluding hydrogens is 438 g/mol. The van der Waals surface area contributed by atoms with Gasteiger partial charge in [0.05, 0.1) is 21.9 Å². The minimum Gasteiger partial charge on any atom is -0.457 e. The Kier molecular flexibility index (Phi) is 4.85. The summed E-state index contributed by atoms with van der Waals surface area (Å²) in [7, 11) is 0. The van der Waals surface area contributed by atoms with Crippen molar-refractivity contribution in [3.05, 3.63) is 86.6 Å². The van der Waals surface area contributed by atoms with Crippen LogP contribution in [-0.2, 0) is 4.79 Å². The molecule has 0 bridgehead atoms. The van der Waals surface area contributed by atoms with E-state index in [1.807, 2.05) is 30.3 Å².